The molecule has 0 aliphatic heterocycles. The Morgan fingerprint density at radius 1 is 0.659 bits per heavy atom. The van der Waals surface area contributed by atoms with E-state index < -0.39 is 0 Å². The Morgan fingerprint density at radius 2 is 1.20 bits per heavy atom. The van der Waals surface area contributed by atoms with Gasteiger partial charge in [0.25, 0.3) is 0 Å². The normalized spacial score (nSPS) is 12.4. The summed E-state index contributed by atoms with van der Waals surface area (Å²) in [5.41, 5.74) is 7.19. The molecule has 1 heterocycles. The van der Waals surface area contributed by atoms with Crippen LogP contribution in [0.2, 0.25) is 0 Å². The highest BCUT2D eigenvalue weighted by Gasteiger charge is 2.00. The topological polar surface area (TPSA) is 22.7 Å². The van der Waals surface area contributed by atoms with Gasteiger partial charge in [-0.3, -0.25) is 4.99 Å². The Bertz CT molecular complexity index is 1310. The van der Waals surface area contributed by atoms with Crippen molar-refractivity contribution < 1.29 is 4.57 Å². The number of nitrogens with zero attached hydrogens (tertiary/aromatic N) is 4. The highest BCUT2D eigenvalue weighted by atomic mass is 15.1. The van der Waals surface area contributed by atoms with Gasteiger partial charge in [0.1, 0.15) is 6.54 Å². The first kappa shape index (κ1) is 31.3. The molecule has 0 saturated heterocycles. The second kappa shape index (κ2) is 17.5. The Hall–Kier alpha value is -4.18. The third kappa shape index (κ3) is 11.8. The number of aliphatic imine (C=N–C) groups is 1. The van der Waals surface area contributed by atoms with Crippen LogP contribution in [0.1, 0.15) is 49.3 Å². The maximum atomic E-state index is 4.61. The summed E-state index contributed by atoms with van der Waals surface area (Å²) in [6.45, 7) is 3.97. The largest absolute Gasteiger partial charge is 0.378 e. The van der Waals surface area contributed by atoms with Gasteiger partial charge >= 0.3 is 0 Å². The summed E-state index contributed by atoms with van der Waals surface area (Å²) < 4.78 is 2.28. The molecule has 3 aromatic rings. The van der Waals surface area contributed by atoms with Crippen LogP contribution >= 0.6 is 0 Å². The minimum atomic E-state index is 0.876. The lowest BCUT2D eigenvalue weighted by molar-refractivity contribution is -0.697. The number of pyridine rings is 1. The number of rotatable bonds is 15. The molecule has 4 heteroatoms. The Morgan fingerprint density at radius 3 is 1.76 bits per heavy atom. The van der Waals surface area contributed by atoms with Crippen molar-refractivity contribution in [3.63, 3.8) is 0 Å². The Labute approximate surface area is 248 Å². The Balaban J connectivity index is 1.33. The SMILES string of the molecule is C\C=C/C(/C=C/c1ccc(N(C)C)cc1)=C\C=N\CCCCCC[n+]1ccc(/C=C/c2ccc(N(C)C)cc2)cc1. The third-order valence-electron chi connectivity index (χ3n) is 6.86. The summed E-state index contributed by atoms with van der Waals surface area (Å²) in [5, 5.41) is 0. The average Bonchev–Trinajstić information content (AvgIpc) is 2.99. The molecule has 2 aromatic carbocycles. The Kier molecular flexibility index (Phi) is 13.4. The number of unbranched alkanes of at least 4 members (excludes halogenated alkanes) is 3. The van der Waals surface area contributed by atoms with Gasteiger partial charge in [-0.2, -0.15) is 0 Å². The lowest BCUT2D eigenvalue weighted by Gasteiger charge is -2.11. The lowest BCUT2D eigenvalue weighted by Crippen LogP contribution is -2.32. The molecule has 0 atom stereocenters. The second-order valence-electron chi connectivity index (χ2n) is 10.6. The molecule has 0 aliphatic rings. The first-order valence-electron chi connectivity index (χ1n) is 14.7. The molecular weight excluding hydrogens is 500 g/mol. The van der Waals surface area contributed by atoms with Gasteiger partial charge in [0.2, 0.25) is 0 Å². The quantitative estimate of drug-likeness (QED) is 0.0830. The van der Waals surface area contributed by atoms with E-state index in [0.717, 1.165) is 25.1 Å². The summed E-state index contributed by atoms with van der Waals surface area (Å²) in [7, 11) is 8.24. The number of aromatic nitrogens is 1. The van der Waals surface area contributed by atoms with Crippen molar-refractivity contribution in [3.8, 4) is 0 Å². The summed E-state index contributed by atoms with van der Waals surface area (Å²) in [6, 6.07) is 21.5. The molecule has 0 aliphatic carbocycles. The summed E-state index contributed by atoms with van der Waals surface area (Å²) in [4.78, 5) is 8.83. The number of hydrogen-bond donors (Lipinski definition) is 0. The average molecular weight is 548 g/mol. The molecule has 214 valence electrons. The van der Waals surface area contributed by atoms with Gasteiger partial charge < -0.3 is 9.80 Å². The summed E-state index contributed by atoms with van der Waals surface area (Å²) >= 11 is 0. The smallest absolute Gasteiger partial charge is 0.169 e. The van der Waals surface area contributed by atoms with Crippen molar-refractivity contribution in [1.82, 2.24) is 0 Å². The zero-order chi connectivity index (χ0) is 29.3. The van der Waals surface area contributed by atoms with Gasteiger partial charge in [-0.05, 0) is 72.4 Å². The van der Waals surface area contributed by atoms with Gasteiger partial charge in [-0.25, -0.2) is 4.57 Å². The minimum absolute atomic E-state index is 0.876. The fraction of sp³-hybridized carbons (Fsp3) is 0.297. The standard InChI is InChI=1S/C37H47N4/c1-6-11-32(12-13-33-16-20-36(21-17-33)39(2)3)24-28-38-27-9-7-8-10-29-41-30-25-35(26-31-41)15-14-34-18-22-37(23-19-34)40(4)5/h6,11-26,28,30-31H,7-10,27,29H2,1-5H3/q+1/b11-6-,13-12+,32-24+,38-28+. The first-order chi connectivity index (χ1) is 19.9. The predicted octanol–water partition coefficient (Wildman–Crippen LogP) is 8.12. The number of hydrogen-bond acceptors (Lipinski definition) is 3. The maximum absolute atomic E-state index is 4.61. The number of allylic oxidation sites excluding steroid dienone is 5. The molecule has 4 nitrogen and oxygen atoms in total. The molecule has 0 amide bonds. The van der Waals surface area contributed by atoms with Crippen molar-refractivity contribution in [2.75, 3.05) is 44.5 Å². The molecule has 0 unspecified atom stereocenters. The third-order valence-corrected chi connectivity index (χ3v) is 6.86. The molecule has 0 N–H and O–H groups in total. The van der Waals surface area contributed by atoms with Crippen LogP contribution in [-0.2, 0) is 6.54 Å². The molecular formula is C37H47N4+. The fourth-order valence-electron chi connectivity index (χ4n) is 4.30. The molecule has 1 aromatic heterocycles. The first-order valence-corrected chi connectivity index (χ1v) is 14.7. The molecule has 3 rings (SSSR count). The van der Waals surface area contributed by atoms with Crippen molar-refractivity contribution in [2.24, 2.45) is 4.99 Å². The minimum Gasteiger partial charge on any atom is -0.378 e. The number of anilines is 2. The predicted molar refractivity (Wildman–Crippen MR) is 181 cm³/mol. The van der Waals surface area contributed by atoms with Gasteiger partial charge in [0.05, 0.1) is 0 Å². The van der Waals surface area contributed by atoms with E-state index in [1.54, 1.807) is 0 Å². The second-order valence-corrected chi connectivity index (χ2v) is 10.6. The highest BCUT2D eigenvalue weighted by Crippen LogP contribution is 2.15. The van der Waals surface area contributed by atoms with Crippen LogP contribution in [0.3, 0.4) is 0 Å². The number of aryl methyl sites for hydroxylation is 1. The van der Waals surface area contributed by atoms with Crippen molar-refractivity contribution in [2.45, 2.75) is 39.2 Å². The molecule has 0 spiro atoms. The van der Waals surface area contributed by atoms with Crippen molar-refractivity contribution in [1.29, 1.82) is 0 Å². The number of benzene rings is 2. The van der Waals surface area contributed by atoms with E-state index in [1.807, 2.05) is 13.1 Å². The van der Waals surface area contributed by atoms with Gasteiger partial charge in [-0.15, -0.1) is 0 Å². The van der Waals surface area contributed by atoms with Crippen LogP contribution < -0.4 is 14.4 Å². The van der Waals surface area contributed by atoms with E-state index >= 15 is 0 Å². The zero-order valence-corrected chi connectivity index (χ0v) is 25.6. The maximum Gasteiger partial charge on any atom is 0.169 e. The summed E-state index contributed by atoms with van der Waals surface area (Å²) in [6.07, 6.45) is 25.9. The van der Waals surface area contributed by atoms with Crippen LogP contribution in [0, 0.1) is 0 Å². The lowest BCUT2D eigenvalue weighted by atomic mass is 10.1. The molecule has 0 fully saturated rings. The van der Waals surface area contributed by atoms with E-state index in [9.17, 15) is 0 Å². The fourth-order valence-corrected chi connectivity index (χ4v) is 4.30. The van der Waals surface area contributed by atoms with E-state index in [1.165, 1.54) is 47.3 Å². The van der Waals surface area contributed by atoms with Crippen LogP contribution in [0.4, 0.5) is 11.4 Å². The van der Waals surface area contributed by atoms with Gasteiger partial charge in [0, 0.05) is 70.9 Å². The molecule has 0 saturated carbocycles. The van der Waals surface area contributed by atoms with E-state index in [2.05, 4.69) is 163 Å². The van der Waals surface area contributed by atoms with Gasteiger partial charge in [-0.1, -0.05) is 67.1 Å². The molecule has 0 bridgehead atoms. The van der Waals surface area contributed by atoms with E-state index in [0.29, 0.717) is 0 Å². The van der Waals surface area contributed by atoms with Crippen molar-refractivity contribution >= 4 is 35.8 Å². The zero-order valence-electron chi connectivity index (χ0n) is 25.6. The summed E-state index contributed by atoms with van der Waals surface area (Å²) in [5.74, 6) is 0. The van der Waals surface area contributed by atoms with E-state index in [4.69, 9.17) is 0 Å². The van der Waals surface area contributed by atoms with Gasteiger partial charge in [0.15, 0.2) is 12.4 Å². The van der Waals surface area contributed by atoms with Crippen LogP contribution in [0.5, 0.6) is 0 Å². The van der Waals surface area contributed by atoms with Crippen LogP contribution in [0.15, 0.2) is 108 Å². The van der Waals surface area contributed by atoms with Crippen LogP contribution in [-0.4, -0.2) is 41.0 Å². The van der Waals surface area contributed by atoms with E-state index in [-0.39, 0.29) is 0 Å². The van der Waals surface area contributed by atoms with Crippen molar-refractivity contribution in [3.05, 3.63) is 120 Å². The van der Waals surface area contributed by atoms with Crippen LogP contribution in [0.25, 0.3) is 18.2 Å². The molecule has 41 heavy (non-hydrogen) atoms. The highest BCUT2D eigenvalue weighted by molar-refractivity contribution is 5.75. The monoisotopic (exact) mass is 547 g/mol. The molecule has 0 radical (unpaired) electrons.